The summed E-state index contributed by atoms with van der Waals surface area (Å²) in [5.41, 5.74) is 0.295. The summed E-state index contributed by atoms with van der Waals surface area (Å²) < 4.78 is 5.87. The van der Waals surface area contributed by atoms with E-state index in [1.165, 1.54) is 6.42 Å². The van der Waals surface area contributed by atoms with Crippen LogP contribution in [0.5, 0.6) is 0 Å². The number of hydrogen-bond acceptors (Lipinski definition) is 3. The monoisotopic (exact) mass is 281 g/mol. The highest BCUT2D eigenvalue weighted by molar-refractivity contribution is 5.77. The smallest absolute Gasteiger partial charge is 0.323 e. The predicted molar refractivity (Wildman–Crippen MR) is 81.5 cm³/mol. The molecule has 0 spiro atoms. The fraction of sp³-hybridized carbons (Fsp3) is 0.941. The van der Waals surface area contributed by atoms with Crippen LogP contribution in [0.1, 0.15) is 66.7 Å². The van der Waals surface area contributed by atoms with Crippen molar-refractivity contribution >= 4 is 5.97 Å². The normalized spacial score (nSPS) is 36.4. The van der Waals surface area contributed by atoms with Gasteiger partial charge < -0.3 is 10.1 Å². The highest BCUT2D eigenvalue weighted by atomic mass is 16.5. The molecule has 0 aromatic carbocycles. The van der Waals surface area contributed by atoms with E-state index in [0.29, 0.717) is 5.92 Å². The lowest BCUT2D eigenvalue weighted by Crippen LogP contribution is -2.53. The third-order valence-corrected chi connectivity index (χ3v) is 4.99. The molecule has 2 fully saturated rings. The molecule has 1 saturated carbocycles. The molecule has 0 aromatic heterocycles. The molecule has 1 N–H and O–H groups in total. The van der Waals surface area contributed by atoms with E-state index in [-0.39, 0.29) is 28.9 Å². The number of ether oxygens (including phenoxy) is 1. The van der Waals surface area contributed by atoms with Gasteiger partial charge in [0.25, 0.3) is 0 Å². The van der Waals surface area contributed by atoms with Crippen molar-refractivity contribution < 1.29 is 9.53 Å². The number of carbonyl (C=O) groups is 1. The van der Waals surface area contributed by atoms with Gasteiger partial charge >= 0.3 is 5.97 Å². The van der Waals surface area contributed by atoms with Crippen LogP contribution in [0.25, 0.3) is 0 Å². The molecule has 0 aromatic rings. The summed E-state index contributed by atoms with van der Waals surface area (Å²) in [6.07, 6.45) is 5.57. The van der Waals surface area contributed by atoms with Gasteiger partial charge in [-0.1, -0.05) is 34.6 Å². The molecule has 1 heterocycles. The number of carbonyl (C=O) groups excluding carboxylic acids is 1. The minimum Gasteiger partial charge on any atom is -0.461 e. The number of hydrogen-bond donors (Lipinski definition) is 1. The Morgan fingerprint density at radius 2 is 1.90 bits per heavy atom. The largest absolute Gasteiger partial charge is 0.461 e. The molecule has 3 nitrogen and oxygen atoms in total. The summed E-state index contributed by atoms with van der Waals surface area (Å²) in [5.74, 6) is 0.605. The van der Waals surface area contributed by atoms with Crippen molar-refractivity contribution in [1.29, 1.82) is 0 Å². The molecule has 0 radical (unpaired) electrons. The molecule has 2 rings (SSSR count). The van der Waals surface area contributed by atoms with Crippen LogP contribution >= 0.6 is 0 Å². The second-order valence-electron chi connectivity index (χ2n) is 8.45. The molecule has 1 aliphatic heterocycles. The molecule has 20 heavy (non-hydrogen) atoms. The van der Waals surface area contributed by atoms with Gasteiger partial charge in [-0.25, -0.2) is 0 Å². The van der Waals surface area contributed by atoms with Gasteiger partial charge in [0.05, 0.1) is 0 Å². The zero-order valence-corrected chi connectivity index (χ0v) is 13.8. The average Bonchev–Trinajstić information content (AvgIpc) is 2.24. The first kappa shape index (κ1) is 15.8. The first-order chi connectivity index (χ1) is 9.20. The second kappa shape index (κ2) is 5.67. The number of nitrogens with one attached hydrogen (secondary N) is 1. The van der Waals surface area contributed by atoms with Crippen LogP contribution in [0.2, 0.25) is 0 Å². The highest BCUT2D eigenvalue weighted by Crippen LogP contribution is 2.40. The van der Waals surface area contributed by atoms with E-state index < -0.39 is 0 Å². The molecule has 3 unspecified atom stereocenters. The molecule has 116 valence electrons. The third-order valence-electron chi connectivity index (χ3n) is 4.99. The van der Waals surface area contributed by atoms with E-state index >= 15 is 0 Å². The number of piperidine rings is 1. The van der Waals surface area contributed by atoms with Gasteiger partial charge in [0.1, 0.15) is 12.1 Å². The topological polar surface area (TPSA) is 38.3 Å². The Kier molecular flexibility index (Phi) is 4.48. The summed E-state index contributed by atoms with van der Waals surface area (Å²) >= 11 is 0. The summed E-state index contributed by atoms with van der Waals surface area (Å²) in [6, 6.07) is -0.142. The lowest BCUT2D eigenvalue weighted by Gasteiger charge is -2.41. The zero-order valence-electron chi connectivity index (χ0n) is 13.8. The summed E-state index contributed by atoms with van der Waals surface area (Å²) in [6.45, 7) is 12.1. The van der Waals surface area contributed by atoms with Crippen LogP contribution in [-0.2, 0) is 9.53 Å². The predicted octanol–water partition coefficient (Wildman–Crippen LogP) is 3.52. The molecule has 3 atom stereocenters. The maximum atomic E-state index is 12.5. The Labute approximate surface area is 123 Å². The molecule has 0 bridgehead atoms. The number of esters is 1. The molecule has 1 aliphatic carbocycles. The van der Waals surface area contributed by atoms with Crippen molar-refractivity contribution in [2.45, 2.75) is 78.9 Å². The van der Waals surface area contributed by atoms with Crippen LogP contribution < -0.4 is 5.32 Å². The quantitative estimate of drug-likeness (QED) is 0.787. The van der Waals surface area contributed by atoms with E-state index in [2.05, 4.69) is 39.9 Å². The summed E-state index contributed by atoms with van der Waals surface area (Å²) in [7, 11) is 0. The van der Waals surface area contributed by atoms with Crippen molar-refractivity contribution in [1.82, 2.24) is 5.32 Å². The van der Waals surface area contributed by atoms with E-state index in [0.717, 1.165) is 32.2 Å². The van der Waals surface area contributed by atoms with E-state index in [4.69, 9.17) is 4.74 Å². The standard InChI is InChI=1S/C17H31NO2/c1-12-9-13(11-16(2,3)10-12)20-15(19)14-17(4,5)7-6-8-18-14/h12-14,18H,6-11H2,1-5H3. The molecular formula is C17H31NO2. The Morgan fingerprint density at radius 1 is 1.20 bits per heavy atom. The fourth-order valence-electron chi connectivity index (χ4n) is 4.19. The first-order valence-corrected chi connectivity index (χ1v) is 8.13. The molecule has 0 amide bonds. The van der Waals surface area contributed by atoms with Crippen molar-refractivity contribution in [2.75, 3.05) is 6.54 Å². The molecular weight excluding hydrogens is 250 g/mol. The van der Waals surface area contributed by atoms with Crippen molar-refractivity contribution in [3.8, 4) is 0 Å². The van der Waals surface area contributed by atoms with Crippen LogP contribution in [0.3, 0.4) is 0 Å². The van der Waals surface area contributed by atoms with E-state index in [9.17, 15) is 4.79 Å². The molecule has 1 saturated heterocycles. The van der Waals surface area contributed by atoms with Gasteiger partial charge in [-0.2, -0.15) is 0 Å². The zero-order chi connectivity index (χ0) is 15.0. The Balaban J connectivity index is 1.97. The van der Waals surface area contributed by atoms with Gasteiger partial charge in [0.2, 0.25) is 0 Å². The van der Waals surface area contributed by atoms with Gasteiger partial charge in [-0.3, -0.25) is 4.79 Å². The maximum absolute atomic E-state index is 12.5. The summed E-state index contributed by atoms with van der Waals surface area (Å²) in [5, 5.41) is 3.36. The fourth-order valence-corrected chi connectivity index (χ4v) is 4.19. The number of rotatable bonds is 2. The Hall–Kier alpha value is -0.570. The Bertz CT molecular complexity index is 362. The molecule has 2 aliphatic rings. The first-order valence-electron chi connectivity index (χ1n) is 8.13. The lowest BCUT2D eigenvalue weighted by molar-refractivity contribution is -0.160. The summed E-state index contributed by atoms with van der Waals surface area (Å²) in [4.78, 5) is 12.5. The van der Waals surface area contributed by atoms with Crippen LogP contribution in [0, 0.1) is 16.7 Å². The van der Waals surface area contributed by atoms with E-state index in [1.807, 2.05) is 0 Å². The average molecular weight is 281 g/mol. The van der Waals surface area contributed by atoms with Crippen molar-refractivity contribution in [3.05, 3.63) is 0 Å². The van der Waals surface area contributed by atoms with E-state index in [1.54, 1.807) is 0 Å². The van der Waals surface area contributed by atoms with Crippen molar-refractivity contribution in [2.24, 2.45) is 16.7 Å². The van der Waals surface area contributed by atoms with Gasteiger partial charge in [-0.05, 0) is 55.4 Å². The van der Waals surface area contributed by atoms with Gasteiger partial charge in [-0.15, -0.1) is 0 Å². The molecule has 3 heteroatoms. The minimum atomic E-state index is -0.142. The highest BCUT2D eigenvalue weighted by Gasteiger charge is 2.41. The van der Waals surface area contributed by atoms with Crippen LogP contribution in [-0.4, -0.2) is 24.7 Å². The second-order valence-corrected chi connectivity index (χ2v) is 8.45. The van der Waals surface area contributed by atoms with Crippen molar-refractivity contribution in [3.63, 3.8) is 0 Å². The van der Waals surface area contributed by atoms with Gasteiger partial charge in [0.15, 0.2) is 0 Å². The van der Waals surface area contributed by atoms with Gasteiger partial charge in [0, 0.05) is 0 Å². The third kappa shape index (κ3) is 3.75. The Morgan fingerprint density at radius 3 is 2.50 bits per heavy atom. The maximum Gasteiger partial charge on any atom is 0.323 e. The lowest BCUT2D eigenvalue weighted by atomic mass is 9.71. The minimum absolute atomic E-state index is 0.00509. The SMILES string of the molecule is CC1CC(OC(=O)C2NCCCC2(C)C)CC(C)(C)C1. The van der Waals surface area contributed by atoms with Crippen LogP contribution in [0.4, 0.5) is 0 Å². The van der Waals surface area contributed by atoms with Crippen LogP contribution in [0.15, 0.2) is 0 Å².